The maximum Gasteiger partial charge on any atom is 0.100 e. The quantitative estimate of drug-likeness (QED) is 0.314. The lowest BCUT2D eigenvalue weighted by atomic mass is 9.73. The van der Waals surface area contributed by atoms with Gasteiger partial charge in [0.1, 0.15) is 6.33 Å². The number of fused-ring (bicyclic) bond motifs is 3. The maximum atomic E-state index is 4.54. The Morgan fingerprint density at radius 1 is 0.613 bits per heavy atom. The first-order valence-corrected chi connectivity index (χ1v) is 10.7. The van der Waals surface area contributed by atoms with Crippen molar-refractivity contribution in [1.82, 2.24) is 9.55 Å². The van der Waals surface area contributed by atoms with Crippen molar-refractivity contribution >= 4 is 28.1 Å². The molecule has 0 amide bonds. The van der Waals surface area contributed by atoms with Crippen molar-refractivity contribution in [2.75, 3.05) is 4.90 Å². The van der Waals surface area contributed by atoms with Crippen LogP contribution < -0.4 is 4.90 Å². The molecule has 0 atom stereocenters. The first-order chi connectivity index (χ1) is 15.1. The third-order valence-electron chi connectivity index (χ3n) is 6.48. The van der Waals surface area contributed by atoms with Gasteiger partial charge in [-0.25, -0.2) is 4.98 Å². The lowest BCUT2D eigenvalue weighted by Crippen LogP contribution is -2.30. The molecule has 31 heavy (non-hydrogen) atoms. The predicted molar refractivity (Wildman–Crippen MR) is 128 cm³/mol. The van der Waals surface area contributed by atoms with Gasteiger partial charge in [0.2, 0.25) is 0 Å². The summed E-state index contributed by atoms with van der Waals surface area (Å²) in [6.45, 7) is 4.63. The van der Waals surface area contributed by atoms with E-state index in [1.54, 1.807) is 0 Å². The van der Waals surface area contributed by atoms with Crippen molar-refractivity contribution in [2.45, 2.75) is 19.3 Å². The van der Waals surface area contributed by atoms with E-state index in [0.717, 1.165) is 22.4 Å². The summed E-state index contributed by atoms with van der Waals surface area (Å²) in [4.78, 5) is 6.92. The molecule has 3 heteroatoms. The number of benzene rings is 4. The Balaban J connectivity index is 1.50. The van der Waals surface area contributed by atoms with Gasteiger partial charge in [-0.15, -0.1) is 0 Å². The van der Waals surface area contributed by atoms with Gasteiger partial charge in [-0.1, -0.05) is 62.4 Å². The summed E-state index contributed by atoms with van der Waals surface area (Å²) in [6.07, 6.45) is 1.90. The molecule has 3 nitrogen and oxygen atoms in total. The topological polar surface area (TPSA) is 21.1 Å². The van der Waals surface area contributed by atoms with E-state index in [1.165, 1.54) is 22.5 Å². The van der Waals surface area contributed by atoms with Crippen LogP contribution in [0.1, 0.15) is 25.0 Å². The van der Waals surface area contributed by atoms with Gasteiger partial charge in [0.15, 0.2) is 0 Å². The monoisotopic (exact) mass is 401 g/mol. The molecule has 1 aromatic heterocycles. The van der Waals surface area contributed by atoms with Crippen LogP contribution in [0, 0.1) is 0 Å². The number of hydrogen-bond acceptors (Lipinski definition) is 2. The molecule has 4 aromatic carbocycles. The van der Waals surface area contributed by atoms with Gasteiger partial charge in [-0.05, 0) is 59.7 Å². The van der Waals surface area contributed by atoms with Crippen molar-refractivity contribution in [3.05, 3.63) is 115 Å². The molecule has 0 aliphatic carbocycles. The zero-order chi connectivity index (χ0) is 21.0. The number of nitrogens with zero attached hydrogens (tertiary/aromatic N) is 3. The van der Waals surface area contributed by atoms with Crippen LogP contribution in [0.2, 0.25) is 0 Å². The van der Waals surface area contributed by atoms with E-state index in [4.69, 9.17) is 0 Å². The van der Waals surface area contributed by atoms with Crippen LogP contribution in [-0.2, 0) is 5.41 Å². The van der Waals surface area contributed by atoms with E-state index < -0.39 is 0 Å². The Bertz CT molecular complexity index is 1360. The number of aromatic nitrogens is 2. The number of imidazole rings is 1. The van der Waals surface area contributed by atoms with Crippen molar-refractivity contribution in [2.24, 2.45) is 0 Å². The molecule has 0 saturated heterocycles. The van der Waals surface area contributed by atoms with E-state index in [9.17, 15) is 0 Å². The van der Waals surface area contributed by atoms with Crippen molar-refractivity contribution in [3.8, 4) is 5.69 Å². The van der Waals surface area contributed by atoms with E-state index in [1.807, 2.05) is 18.5 Å². The molecular formula is C28H23N3. The Morgan fingerprint density at radius 3 is 1.84 bits per heavy atom. The van der Waals surface area contributed by atoms with Crippen LogP contribution in [0.4, 0.5) is 17.1 Å². The minimum atomic E-state index is -0.0423. The highest BCUT2D eigenvalue weighted by atomic mass is 15.2. The third kappa shape index (κ3) is 2.63. The Morgan fingerprint density at radius 2 is 1.16 bits per heavy atom. The van der Waals surface area contributed by atoms with Crippen molar-refractivity contribution in [3.63, 3.8) is 0 Å². The summed E-state index contributed by atoms with van der Waals surface area (Å²) in [5, 5.41) is 0. The highest BCUT2D eigenvalue weighted by Gasteiger charge is 2.36. The lowest BCUT2D eigenvalue weighted by molar-refractivity contribution is 0.632. The van der Waals surface area contributed by atoms with Crippen LogP contribution in [0.3, 0.4) is 0 Å². The summed E-state index contributed by atoms with van der Waals surface area (Å²) in [5.41, 5.74) is 9.52. The molecule has 0 unspecified atom stereocenters. The van der Waals surface area contributed by atoms with E-state index >= 15 is 0 Å². The summed E-state index contributed by atoms with van der Waals surface area (Å²) in [5.74, 6) is 0. The van der Waals surface area contributed by atoms with E-state index in [2.05, 4.69) is 113 Å². The smallest absolute Gasteiger partial charge is 0.100 e. The fourth-order valence-electron chi connectivity index (χ4n) is 4.87. The fraction of sp³-hybridized carbons (Fsp3) is 0.107. The highest BCUT2D eigenvalue weighted by molar-refractivity contribution is 5.86. The molecule has 5 aromatic rings. The van der Waals surface area contributed by atoms with Crippen molar-refractivity contribution < 1.29 is 0 Å². The summed E-state index contributed by atoms with van der Waals surface area (Å²) in [7, 11) is 0. The Kier molecular flexibility index (Phi) is 3.81. The molecule has 6 rings (SSSR count). The summed E-state index contributed by atoms with van der Waals surface area (Å²) < 4.78 is 2.14. The normalized spacial score (nSPS) is 14.3. The summed E-state index contributed by atoms with van der Waals surface area (Å²) >= 11 is 0. The SMILES string of the molecule is CC1(C)c2ccccc2N(c2ccc(-n3cnc4ccccc43)cc2)c2ccccc21. The Labute approximate surface area is 182 Å². The standard InChI is InChI=1S/C28H23N3/c1-28(2)22-9-3-6-12-25(22)31(26-13-7-4-10-23(26)28)21-17-15-20(16-18-21)30-19-29-24-11-5-8-14-27(24)30/h3-19H,1-2H3. The zero-order valence-corrected chi connectivity index (χ0v) is 17.7. The van der Waals surface area contributed by atoms with Crippen LogP contribution in [0.25, 0.3) is 16.7 Å². The number of rotatable bonds is 2. The predicted octanol–water partition coefficient (Wildman–Crippen LogP) is 7.13. The molecule has 0 bridgehead atoms. The minimum absolute atomic E-state index is 0.0423. The fourth-order valence-corrected chi connectivity index (χ4v) is 4.87. The van der Waals surface area contributed by atoms with Gasteiger partial charge < -0.3 is 4.90 Å². The highest BCUT2D eigenvalue weighted by Crippen LogP contribution is 2.51. The second kappa shape index (κ2) is 6.58. The van der Waals surface area contributed by atoms with Gasteiger partial charge in [0.05, 0.1) is 22.4 Å². The minimum Gasteiger partial charge on any atom is -0.310 e. The second-order valence-corrected chi connectivity index (χ2v) is 8.61. The molecule has 1 aliphatic rings. The van der Waals surface area contributed by atoms with Crippen LogP contribution >= 0.6 is 0 Å². The summed E-state index contributed by atoms with van der Waals surface area (Å²) in [6, 6.07) is 34.5. The molecular weight excluding hydrogens is 378 g/mol. The van der Waals surface area contributed by atoms with Gasteiger partial charge in [0.25, 0.3) is 0 Å². The van der Waals surface area contributed by atoms with E-state index in [-0.39, 0.29) is 5.41 Å². The lowest BCUT2D eigenvalue weighted by Gasteiger charge is -2.42. The molecule has 2 heterocycles. The van der Waals surface area contributed by atoms with E-state index in [0.29, 0.717) is 0 Å². The molecule has 0 N–H and O–H groups in total. The number of para-hydroxylation sites is 4. The Hall–Kier alpha value is -3.85. The maximum absolute atomic E-state index is 4.54. The molecule has 1 aliphatic heterocycles. The van der Waals surface area contributed by atoms with Crippen LogP contribution in [-0.4, -0.2) is 9.55 Å². The average molecular weight is 402 g/mol. The van der Waals surface area contributed by atoms with Crippen molar-refractivity contribution in [1.29, 1.82) is 0 Å². The third-order valence-corrected chi connectivity index (χ3v) is 6.48. The second-order valence-electron chi connectivity index (χ2n) is 8.61. The first-order valence-electron chi connectivity index (χ1n) is 10.7. The number of anilines is 3. The first kappa shape index (κ1) is 18.0. The zero-order valence-electron chi connectivity index (χ0n) is 17.7. The van der Waals surface area contributed by atoms with Crippen LogP contribution in [0.5, 0.6) is 0 Å². The van der Waals surface area contributed by atoms with Gasteiger partial charge in [0, 0.05) is 16.8 Å². The molecule has 0 saturated carbocycles. The molecule has 0 radical (unpaired) electrons. The van der Waals surface area contributed by atoms with Gasteiger partial charge in [-0.3, -0.25) is 4.57 Å². The average Bonchev–Trinajstić information content (AvgIpc) is 3.24. The molecule has 150 valence electrons. The van der Waals surface area contributed by atoms with Gasteiger partial charge in [-0.2, -0.15) is 0 Å². The largest absolute Gasteiger partial charge is 0.310 e. The molecule has 0 fully saturated rings. The number of hydrogen-bond donors (Lipinski definition) is 0. The molecule has 0 spiro atoms. The van der Waals surface area contributed by atoms with Gasteiger partial charge >= 0.3 is 0 Å². The van der Waals surface area contributed by atoms with Crippen LogP contribution in [0.15, 0.2) is 103 Å².